The number of benzene rings is 1. The van der Waals surface area contributed by atoms with E-state index in [4.69, 9.17) is 19.0 Å². The van der Waals surface area contributed by atoms with Gasteiger partial charge < -0.3 is 34.9 Å². The zero-order chi connectivity index (χ0) is 34.9. The van der Waals surface area contributed by atoms with Gasteiger partial charge in [0.1, 0.15) is 17.6 Å². The van der Waals surface area contributed by atoms with Crippen LogP contribution in [0.5, 0.6) is 5.75 Å². The van der Waals surface area contributed by atoms with E-state index < -0.39 is 54.1 Å². The number of hydrogen-bond acceptors (Lipinski definition) is 10. The maximum Gasteiger partial charge on any atom is 0.329 e. The molecule has 3 atom stereocenters. The van der Waals surface area contributed by atoms with Crippen molar-refractivity contribution in [3.63, 3.8) is 0 Å². The zero-order valence-electron chi connectivity index (χ0n) is 27.1. The molecular weight excluding hydrogens is 616 g/mol. The molecular formula is C32H44N4O11. The first-order valence-electron chi connectivity index (χ1n) is 15.6. The van der Waals surface area contributed by atoms with Crippen LogP contribution in [0.15, 0.2) is 34.7 Å². The number of carbonyl (C=O) groups excluding carboxylic acids is 5. The molecule has 0 bridgehead atoms. The van der Waals surface area contributed by atoms with Gasteiger partial charge in [0.05, 0.1) is 43.8 Å². The van der Waals surface area contributed by atoms with Crippen molar-refractivity contribution in [2.75, 3.05) is 19.9 Å². The van der Waals surface area contributed by atoms with Crippen LogP contribution in [0.3, 0.4) is 0 Å². The van der Waals surface area contributed by atoms with E-state index in [0.717, 1.165) is 19.3 Å². The van der Waals surface area contributed by atoms with Crippen molar-refractivity contribution in [2.45, 2.75) is 78.3 Å². The molecule has 0 fully saturated rings. The number of carboxylic acid groups (broad SMARTS) is 1. The second-order valence-corrected chi connectivity index (χ2v) is 10.5. The molecule has 2 rings (SSSR count). The molecule has 258 valence electrons. The Hall–Kier alpha value is -4.92. The standard InChI is InChI=1S/C32H44N4O11/c1-5-9-10-11-21(24(6-2)36(44)19-37)29(40)33-18-34-31(42)26-15-14-25(47-26)20-12-13-22(27(16-20)45-7-3)30(41)35-23(17-28(38)39)32(43)46-8-4/h12-16,19,21,23-24,44H,5-11,17-18H2,1-4H3,(H,33,40)(H,34,42)(H,35,41)(H,38,39). The fourth-order valence-electron chi connectivity index (χ4n) is 4.88. The number of unbranched alkanes of at least 4 members (excludes halogenated alkanes) is 2. The Morgan fingerprint density at radius 1 is 0.979 bits per heavy atom. The molecule has 3 unspecified atom stereocenters. The minimum atomic E-state index is -1.41. The molecule has 15 heteroatoms. The molecule has 47 heavy (non-hydrogen) atoms. The fourth-order valence-corrected chi connectivity index (χ4v) is 4.88. The monoisotopic (exact) mass is 660 g/mol. The lowest BCUT2D eigenvalue weighted by molar-refractivity contribution is -0.168. The third-order valence-corrected chi connectivity index (χ3v) is 7.19. The van der Waals surface area contributed by atoms with Gasteiger partial charge in [-0.3, -0.25) is 29.2 Å². The number of furan rings is 1. The highest BCUT2D eigenvalue weighted by atomic mass is 16.5. The van der Waals surface area contributed by atoms with Crippen molar-refractivity contribution < 1.29 is 53.0 Å². The summed E-state index contributed by atoms with van der Waals surface area (Å²) in [6, 6.07) is 5.28. The summed E-state index contributed by atoms with van der Waals surface area (Å²) >= 11 is 0. The number of ether oxygens (including phenoxy) is 2. The zero-order valence-corrected chi connectivity index (χ0v) is 27.1. The number of hydroxylamine groups is 2. The van der Waals surface area contributed by atoms with E-state index in [1.807, 2.05) is 6.92 Å². The molecule has 0 radical (unpaired) electrons. The molecule has 15 nitrogen and oxygen atoms in total. The van der Waals surface area contributed by atoms with E-state index in [2.05, 4.69) is 16.0 Å². The van der Waals surface area contributed by atoms with Gasteiger partial charge in [0.25, 0.3) is 11.8 Å². The van der Waals surface area contributed by atoms with Crippen molar-refractivity contribution in [1.29, 1.82) is 0 Å². The average molecular weight is 661 g/mol. The largest absolute Gasteiger partial charge is 0.493 e. The number of hydrogen-bond donors (Lipinski definition) is 5. The van der Waals surface area contributed by atoms with Crippen molar-refractivity contribution in [3.05, 3.63) is 41.7 Å². The minimum Gasteiger partial charge on any atom is -0.493 e. The predicted molar refractivity (Wildman–Crippen MR) is 167 cm³/mol. The lowest BCUT2D eigenvalue weighted by atomic mass is 9.90. The van der Waals surface area contributed by atoms with Crippen LogP contribution in [0.1, 0.15) is 87.1 Å². The molecule has 0 saturated carbocycles. The van der Waals surface area contributed by atoms with E-state index in [0.29, 0.717) is 23.5 Å². The first kappa shape index (κ1) is 38.3. The number of rotatable bonds is 21. The van der Waals surface area contributed by atoms with Crippen LogP contribution in [0.4, 0.5) is 0 Å². The van der Waals surface area contributed by atoms with E-state index in [-0.39, 0.29) is 49.1 Å². The Morgan fingerprint density at radius 2 is 1.72 bits per heavy atom. The van der Waals surface area contributed by atoms with Crippen LogP contribution in [-0.4, -0.2) is 83.4 Å². The van der Waals surface area contributed by atoms with Crippen molar-refractivity contribution >= 4 is 36.1 Å². The second-order valence-electron chi connectivity index (χ2n) is 10.5. The molecule has 1 heterocycles. The molecule has 0 aliphatic rings. The quantitative estimate of drug-likeness (QED) is 0.0328. The Bertz CT molecular complexity index is 1380. The smallest absolute Gasteiger partial charge is 0.329 e. The maximum absolute atomic E-state index is 13.0. The van der Waals surface area contributed by atoms with E-state index in [1.165, 1.54) is 30.3 Å². The summed E-state index contributed by atoms with van der Waals surface area (Å²) < 4.78 is 16.2. The Morgan fingerprint density at radius 3 is 2.34 bits per heavy atom. The SMILES string of the molecule is CCCCCC(C(=O)NCNC(=O)c1ccc(-c2ccc(C(=O)NC(CC(=O)O)C(=O)OCC)c(OCC)c2)o1)C(CC)N(O)C=O. The van der Waals surface area contributed by atoms with Crippen LogP contribution in [0, 0.1) is 5.92 Å². The summed E-state index contributed by atoms with van der Waals surface area (Å²) in [5.74, 6) is -4.32. The first-order chi connectivity index (χ1) is 22.5. The molecule has 0 aliphatic heterocycles. The van der Waals surface area contributed by atoms with Crippen molar-refractivity contribution in [3.8, 4) is 17.1 Å². The Balaban J connectivity index is 2.13. The summed E-state index contributed by atoms with van der Waals surface area (Å²) in [6.07, 6.45) is 2.96. The van der Waals surface area contributed by atoms with Gasteiger partial charge in [-0.25, -0.2) is 9.86 Å². The Labute approximate surface area is 272 Å². The Kier molecular flexibility index (Phi) is 15.9. The number of esters is 1. The fraction of sp³-hybridized carbons (Fsp3) is 0.500. The summed E-state index contributed by atoms with van der Waals surface area (Å²) in [5.41, 5.74) is 0.486. The molecule has 1 aromatic heterocycles. The number of nitrogens with one attached hydrogen (secondary N) is 3. The van der Waals surface area contributed by atoms with E-state index in [1.54, 1.807) is 20.8 Å². The molecule has 0 spiro atoms. The number of carboxylic acids is 1. The summed E-state index contributed by atoms with van der Waals surface area (Å²) in [5, 5.41) is 27.2. The maximum atomic E-state index is 13.0. The molecule has 0 saturated heterocycles. The van der Waals surface area contributed by atoms with Crippen LogP contribution >= 0.6 is 0 Å². The van der Waals surface area contributed by atoms with E-state index >= 15 is 0 Å². The van der Waals surface area contributed by atoms with Crippen molar-refractivity contribution in [2.24, 2.45) is 5.92 Å². The van der Waals surface area contributed by atoms with Crippen LogP contribution in [0.2, 0.25) is 0 Å². The normalized spacial score (nSPS) is 12.6. The lowest BCUT2D eigenvalue weighted by Gasteiger charge is -2.29. The van der Waals surface area contributed by atoms with E-state index in [9.17, 15) is 34.0 Å². The third-order valence-electron chi connectivity index (χ3n) is 7.19. The highest BCUT2D eigenvalue weighted by Crippen LogP contribution is 2.29. The van der Waals surface area contributed by atoms with Crippen molar-refractivity contribution in [1.82, 2.24) is 21.0 Å². The molecule has 0 aliphatic carbocycles. The third kappa shape index (κ3) is 11.4. The molecule has 1 aromatic carbocycles. The van der Waals surface area contributed by atoms with Gasteiger partial charge >= 0.3 is 11.9 Å². The highest BCUT2D eigenvalue weighted by molar-refractivity contribution is 6.00. The van der Waals surface area contributed by atoms with Crippen LogP contribution in [-0.2, 0) is 23.9 Å². The van der Waals surface area contributed by atoms with Gasteiger partial charge in [-0.15, -0.1) is 0 Å². The number of carbonyl (C=O) groups is 6. The van der Waals surface area contributed by atoms with Gasteiger partial charge in [-0.2, -0.15) is 0 Å². The van der Waals surface area contributed by atoms with Gasteiger partial charge in [-0.05, 0) is 51.0 Å². The highest BCUT2D eigenvalue weighted by Gasteiger charge is 2.31. The predicted octanol–water partition coefficient (Wildman–Crippen LogP) is 3.11. The van der Waals surface area contributed by atoms with Gasteiger partial charge in [0.15, 0.2) is 5.76 Å². The topological polar surface area (TPSA) is 214 Å². The molecule has 5 N–H and O–H groups in total. The second kappa shape index (κ2) is 19.6. The number of nitrogens with zero attached hydrogens (tertiary/aromatic N) is 1. The van der Waals surface area contributed by atoms with Gasteiger partial charge in [0, 0.05) is 5.56 Å². The summed E-state index contributed by atoms with van der Waals surface area (Å²) in [4.78, 5) is 73.3. The first-order valence-corrected chi connectivity index (χ1v) is 15.6. The van der Waals surface area contributed by atoms with Gasteiger partial charge in [0.2, 0.25) is 12.3 Å². The van der Waals surface area contributed by atoms with Crippen LogP contribution < -0.4 is 20.7 Å². The number of amides is 4. The molecule has 2 aromatic rings. The van der Waals surface area contributed by atoms with Gasteiger partial charge in [-0.1, -0.05) is 39.2 Å². The number of aliphatic carboxylic acids is 1. The average Bonchev–Trinajstić information content (AvgIpc) is 3.54. The molecule has 4 amide bonds. The minimum absolute atomic E-state index is 0.00639. The summed E-state index contributed by atoms with van der Waals surface area (Å²) in [7, 11) is 0. The summed E-state index contributed by atoms with van der Waals surface area (Å²) in [6.45, 7) is 7.00. The lowest BCUT2D eigenvalue weighted by Crippen LogP contribution is -2.47. The van der Waals surface area contributed by atoms with Crippen LogP contribution in [0.25, 0.3) is 11.3 Å².